The van der Waals surface area contributed by atoms with Crippen LogP contribution >= 0.6 is 12.2 Å². The molecule has 0 spiro atoms. The number of rotatable bonds is 7. The van der Waals surface area contributed by atoms with E-state index in [9.17, 15) is 28.1 Å². The molecule has 8 nitrogen and oxygen atoms in total. The number of para-hydroxylation sites is 1. The van der Waals surface area contributed by atoms with Crippen LogP contribution < -0.4 is 10.2 Å². The van der Waals surface area contributed by atoms with E-state index in [0.29, 0.717) is 0 Å². The van der Waals surface area contributed by atoms with E-state index in [1.807, 2.05) is 0 Å². The number of esters is 1. The molecule has 0 aromatic heterocycles. The predicted octanol–water partition coefficient (Wildman–Crippen LogP) is 4.51. The normalized spacial score (nSPS) is 16.3. The number of allylic oxidation sites excluding steroid dienone is 1. The lowest BCUT2D eigenvalue weighted by atomic mass is 9.93. The van der Waals surface area contributed by atoms with Gasteiger partial charge in [-0.15, -0.1) is 0 Å². The number of nitro benzene ring substituents is 1. The largest absolute Gasteiger partial charge is 0.460 e. The number of carbonyl (C=O) groups excluding carboxylic acids is 1. The van der Waals surface area contributed by atoms with Gasteiger partial charge in [0.1, 0.15) is 6.61 Å². The summed E-state index contributed by atoms with van der Waals surface area (Å²) in [6.07, 6.45) is -4.59. The molecule has 1 aliphatic rings. The summed E-state index contributed by atoms with van der Waals surface area (Å²) in [5.41, 5.74) is -0.800. The van der Waals surface area contributed by atoms with Crippen LogP contribution in [0.1, 0.15) is 24.1 Å². The van der Waals surface area contributed by atoms with Crippen LogP contribution in [0.15, 0.2) is 59.8 Å². The molecular weight excluding hydrogens is 475 g/mol. The predicted molar refractivity (Wildman–Crippen MR) is 121 cm³/mol. The Bertz CT molecular complexity index is 1150. The van der Waals surface area contributed by atoms with Crippen molar-refractivity contribution in [3.05, 3.63) is 81.0 Å². The fraction of sp³-hybridized carbons (Fsp3) is 0.273. The van der Waals surface area contributed by atoms with Crippen LogP contribution in [0.3, 0.4) is 0 Å². The first-order valence-electron chi connectivity index (χ1n) is 9.94. The molecule has 2 aromatic carbocycles. The standard InChI is InChI=1S/C22H20F3N3O5S/c1-13-18(20(29)33-11-10-32-2)19(16-8-3-4-9-17(16)28(30)31)26-21(34)27(13)15-7-5-6-14(12-15)22(23,24)25/h3-9,12,19H,10-11H2,1-2H3,(H,26,34). The number of anilines is 1. The number of hydrogen-bond donors (Lipinski definition) is 1. The fourth-order valence-electron chi connectivity index (χ4n) is 3.57. The summed E-state index contributed by atoms with van der Waals surface area (Å²) in [5, 5.41) is 14.4. The summed E-state index contributed by atoms with van der Waals surface area (Å²) in [5.74, 6) is -0.815. The Morgan fingerprint density at radius 3 is 2.56 bits per heavy atom. The van der Waals surface area contributed by atoms with Crippen LogP contribution in [-0.2, 0) is 20.4 Å². The number of hydrogen-bond acceptors (Lipinski definition) is 6. The van der Waals surface area contributed by atoms with Crippen LogP contribution in [0.5, 0.6) is 0 Å². The molecular formula is C22H20F3N3O5S. The van der Waals surface area contributed by atoms with Gasteiger partial charge in [0.2, 0.25) is 0 Å². The van der Waals surface area contributed by atoms with Gasteiger partial charge in [-0.05, 0) is 43.4 Å². The zero-order valence-electron chi connectivity index (χ0n) is 18.1. The van der Waals surface area contributed by atoms with Crippen molar-refractivity contribution >= 4 is 34.7 Å². The van der Waals surface area contributed by atoms with E-state index in [1.165, 1.54) is 49.3 Å². The summed E-state index contributed by atoms with van der Waals surface area (Å²) >= 11 is 5.41. The van der Waals surface area contributed by atoms with Gasteiger partial charge in [0, 0.05) is 24.6 Å². The number of methoxy groups -OCH3 is 1. The molecule has 1 unspecified atom stereocenters. The highest BCUT2D eigenvalue weighted by Crippen LogP contribution is 2.39. The maximum Gasteiger partial charge on any atom is 0.416 e. The van der Waals surface area contributed by atoms with E-state index in [-0.39, 0.29) is 46.5 Å². The molecule has 2 aromatic rings. The summed E-state index contributed by atoms with van der Waals surface area (Å²) < 4.78 is 50.0. The number of carbonyl (C=O) groups is 1. The van der Waals surface area contributed by atoms with Crippen LogP contribution in [0.4, 0.5) is 24.5 Å². The Balaban J connectivity index is 2.16. The van der Waals surface area contributed by atoms with Gasteiger partial charge in [-0.2, -0.15) is 13.2 Å². The van der Waals surface area contributed by atoms with Crippen LogP contribution in [0, 0.1) is 10.1 Å². The Kier molecular flexibility index (Phi) is 7.52. The minimum absolute atomic E-state index is 0.0311. The highest BCUT2D eigenvalue weighted by Gasteiger charge is 2.39. The zero-order chi connectivity index (χ0) is 25.0. The number of thiocarbonyl (C=S) groups is 1. The van der Waals surface area contributed by atoms with Gasteiger partial charge in [-0.1, -0.05) is 18.2 Å². The Morgan fingerprint density at radius 1 is 1.21 bits per heavy atom. The molecule has 12 heteroatoms. The van der Waals surface area contributed by atoms with Crippen molar-refractivity contribution in [3.63, 3.8) is 0 Å². The molecule has 0 bridgehead atoms. The van der Waals surface area contributed by atoms with Gasteiger partial charge < -0.3 is 14.8 Å². The molecule has 1 N–H and O–H groups in total. The minimum atomic E-state index is -4.59. The third-order valence-corrected chi connectivity index (χ3v) is 5.40. The summed E-state index contributed by atoms with van der Waals surface area (Å²) in [4.78, 5) is 25.3. The van der Waals surface area contributed by atoms with Crippen molar-refractivity contribution in [1.82, 2.24) is 5.32 Å². The van der Waals surface area contributed by atoms with E-state index in [4.69, 9.17) is 21.7 Å². The number of nitro groups is 1. The van der Waals surface area contributed by atoms with Gasteiger partial charge in [0.05, 0.1) is 34.3 Å². The molecule has 3 rings (SSSR count). The Labute approximate surface area is 198 Å². The molecule has 0 saturated heterocycles. The molecule has 0 fully saturated rings. The van der Waals surface area contributed by atoms with Crippen molar-refractivity contribution < 1.29 is 32.4 Å². The highest BCUT2D eigenvalue weighted by atomic mass is 32.1. The molecule has 1 atom stereocenters. The Hall–Kier alpha value is -3.51. The molecule has 0 radical (unpaired) electrons. The lowest BCUT2D eigenvalue weighted by molar-refractivity contribution is -0.385. The average Bonchev–Trinajstić information content (AvgIpc) is 2.78. The number of nitrogens with zero attached hydrogens (tertiary/aromatic N) is 2. The lowest BCUT2D eigenvalue weighted by Crippen LogP contribution is -2.48. The first-order valence-corrected chi connectivity index (χ1v) is 10.3. The van der Waals surface area contributed by atoms with Crippen LogP contribution in [0.25, 0.3) is 0 Å². The van der Waals surface area contributed by atoms with E-state index in [0.717, 1.165) is 12.1 Å². The smallest absolute Gasteiger partial charge is 0.416 e. The second kappa shape index (κ2) is 10.2. The minimum Gasteiger partial charge on any atom is -0.460 e. The number of benzene rings is 2. The Morgan fingerprint density at radius 2 is 1.91 bits per heavy atom. The lowest BCUT2D eigenvalue weighted by Gasteiger charge is -2.37. The van der Waals surface area contributed by atoms with Crippen molar-refractivity contribution in [1.29, 1.82) is 0 Å². The molecule has 0 aliphatic carbocycles. The molecule has 1 aliphatic heterocycles. The van der Waals surface area contributed by atoms with Crippen molar-refractivity contribution in [2.24, 2.45) is 0 Å². The van der Waals surface area contributed by atoms with Gasteiger partial charge in [0.15, 0.2) is 5.11 Å². The molecule has 0 amide bonds. The summed E-state index contributed by atoms with van der Waals surface area (Å²) in [6, 6.07) is 9.17. The quantitative estimate of drug-likeness (QED) is 0.197. The highest BCUT2D eigenvalue weighted by molar-refractivity contribution is 7.80. The molecule has 34 heavy (non-hydrogen) atoms. The first-order chi connectivity index (χ1) is 16.1. The second-order valence-corrected chi connectivity index (χ2v) is 7.60. The SMILES string of the molecule is COCCOC(=O)C1=C(C)N(c2cccc(C(F)(F)F)c2)C(=S)NC1c1ccccc1[N+](=O)[O-]. The summed E-state index contributed by atoms with van der Waals surface area (Å²) in [7, 11) is 1.42. The van der Waals surface area contributed by atoms with E-state index in [1.54, 1.807) is 6.07 Å². The monoisotopic (exact) mass is 495 g/mol. The average molecular weight is 495 g/mol. The number of nitrogens with one attached hydrogen (secondary N) is 1. The summed E-state index contributed by atoms with van der Waals surface area (Å²) in [6.45, 7) is 1.50. The van der Waals surface area contributed by atoms with Crippen molar-refractivity contribution in [2.45, 2.75) is 19.1 Å². The molecule has 1 heterocycles. The third-order valence-electron chi connectivity index (χ3n) is 5.10. The number of alkyl halides is 3. The van der Waals surface area contributed by atoms with Crippen molar-refractivity contribution in [3.8, 4) is 0 Å². The van der Waals surface area contributed by atoms with Crippen molar-refractivity contribution in [2.75, 3.05) is 25.2 Å². The fourth-order valence-corrected chi connectivity index (χ4v) is 3.93. The van der Waals surface area contributed by atoms with Gasteiger partial charge >= 0.3 is 12.1 Å². The second-order valence-electron chi connectivity index (χ2n) is 7.21. The number of ether oxygens (including phenoxy) is 2. The van der Waals surface area contributed by atoms with Gasteiger partial charge in [-0.25, -0.2) is 4.79 Å². The topological polar surface area (TPSA) is 93.9 Å². The third kappa shape index (κ3) is 5.18. The first kappa shape index (κ1) is 25.1. The van der Waals surface area contributed by atoms with Crippen LogP contribution in [-0.4, -0.2) is 36.3 Å². The van der Waals surface area contributed by atoms with E-state index < -0.39 is 28.7 Å². The van der Waals surface area contributed by atoms with Gasteiger partial charge in [0.25, 0.3) is 5.69 Å². The van der Waals surface area contributed by atoms with Gasteiger partial charge in [-0.3, -0.25) is 15.0 Å². The maximum absolute atomic E-state index is 13.3. The zero-order valence-corrected chi connectivity index (χ0v) is 18.9. The van der Waals surface area contributed by atoms with E-state index in [2.05, 4.69) is 5.32 Å². The number of halogens is 3. The van der Waals surface area contributed by atoms with Crippen LogP contribution in [0.2, 0.25) is 0 Å². The molecule has 0 saturated carbocycles. The maximum atomic E-state index is 13.3. The van der Waals surface area contributed by atoms with E-state index >= 15 is 0 Å². The molecule has 180 valence electrons.